The van der Waals surface area contributed by atoms with Gasteiger partial charge in [0.15, 0.2) is 0 Å². The van der Waals surface area contributed by atoms with E-state index in [4.69, 9.17) is 10.2 Å². The highest BCUT2D eigenvalue weighted by Crippen LogP contribution is 2.25. The van der Waals surface area contributed by atoms with E-state index in [1.807, 2.05) is 27.7 Å². The zero-order valence-electron chi connectivity index (χ0n) is 16.1. The van der Waals surface area contributed by atoms with Crippen LogP contribution in [0.25, 0.3) is 0 Å². The van der Waals surface area contributed by atoms with E-state index in [0.29, 0.717) is 0 Å². The first kappa shape index (κ1) is 26.3. The molecule has 0 bridgehead atoms. The van der Waals surface area contributed by atoms with Crippen molar-refractivity contribution in [2.45, 2.75) is 54.3 Å². The van der Waals surface area contributed by atoms with Gasteiger partial charge in [0.25, 0.3) is 0 Å². The molecule has 5 nitrogen and oxygen atoms in total. The molecule has 1 aliphatic heterocycles. The van der Waals surface area contributed by atoms with Crippen LogP contribution in [-0.4, -0.2) is 43.1 Å². The van der Waals surface area contributed by atoms with E-state index in [2.05, 4.69) is 41.5 Å². The molecule has 0 spiro atoms. The van der Waals surface area contributed by atoms with Gasteiger partial charge in [0.05, 0.1) is 0 Å². The number of anilines is 1. The summed E-state index contributed by atoms with van der Waals surface area (Å²) in [6.45, 7) is 11.9. The van der Waals surface area contributed by atoms with Crippen molar-refractivity contribution in [3.05, 3.63) is 29.8 Å². The molecule has 0 aliphatic carbocycles. The van der Waals surface area contributed by atoms with E-state index in [9.17, 15) is 4.79 Å². The molecule has 1 heterocycles. The van der Waals surface area contributed by atoms with Crippen molar-refractivity contribution < 1.29 is 15.0 Å². The van der Waals surface area contributed by atoms with Crippen molar-refractivity contribution in [1.29, 1.82) is 0 Å². The summed E-state index contributed by atoms with van der Waals surface area (Å²) in [6.07, 6.45) is 0.0483. The first-order valence-corrected chi connectivity index (χ1v) is 8.22. The van der Waals surface area contributed by atoms with Gasteiger partial charge in [-0.1, -0.05) is 45.9 Å². The van der Waals surface area contributed by atoms with Crippen LogP contribution in [0.1, 0.15) is 47.1 Å². The Kier molecular flexibility index (Phi) is 21.1. The summed E-state index contributed by atoms with van der Waals surface area (Å²) in [7, 11) is 3.74. The van der Waals surface area contributed by atoms with E-state index < -0.39 is 6.29 Å². The van der Waals surface area contributed by atoms with Crippen molar-refractivity contribution in [3.8, 4) is 0 Å². The highest BCUT2D eigenvalue weighted by atomic mass is 16.5. The quantitative estimate of drug-likeness (QED) is 0.640. The summed E-state index contributed by atoms with van der Waals surface area (Å²) in [5, 5.41) is 17.6. The minimum Gasteiger partial charge on any atom is -0.374 e. The molecule has 1 amide bonds. The van der Waals surface area contributed by atoms with Gasteiger partial charge in [-0.05, 0) is 25.0 Å². The Hall–Kier alpha value is -1.59. The topological polar surface area (TPSA) is 72.8 Å². The van der Waals surface area contributed by atoms with E-state index in [-0.39, 0.29) is 5.91 Å². The van der Waals surface area contributed by atoms with Gasteiger partial charge < -0.3 is 20.4 Å². The Morgan fingerprint density at radius 1 is 1.17 bits per heavy atom. The third-order valence-electron chi connectivity index (χ3n) is 2.47. The van der Waals surface area contributed by atoms with E-state index >= 15 is 0 Å². The zero-order chi connectivity index (χ0) is 18.8. The molecule has 0 saturated carbocycles. The molecule has 0 atom stereocenters. The Morgan fingerprint density at radius 3 is 1.91 bits per heavy atom. The third-order valence-corrected chi connectivity index (χ3v) is 2.47. The number of nitrogens with one attached hydrogen (secondary N) is 1. The summed E-state index contributed by atoms with van der Waals surface area (Å²) < 4.78 is 0. The average Bonchev–Trinajstić information content (AvgIpc) is 2.93. The lowest BCUT2D eigenvalue weighted by molar-refractivity contribution is -0.118. The van der Waals surface area contributed by atoms with Gasteiger partial charge in [-0.2, -0.15) is 0 Å². The van der Waals surface area contributed by atoms with E-state index in [1.54, 1.807) is 7.05 Å². The summed E-state index contributed by atoms with van der Waals surface area (Å²) in [6, 6.07) is 8.60. The first-order valence-electron chi connectivity index (χ1n) is 8.22. The van der Waals surface area contributed by atoms with Crippen LogP contribution in [0.15, 0.2) is 24.3 Å². The zero-order valence-corrected chi connectivity index (χ0v) is 16.1. The highest BCUT2D eigenvalue weighted by molar-refractivity contribution is 5.72. The van der Waals surface area contributed by atoms with Crippen LogP contribution in [0.2, 0.25) is 0 Å². The predicted octanol–water partition coefficient (Wildman–Crippen LogP) is 2.80. The van der Waals surface area contributed by atoms with Crippen molar-refractivity contribution in [2.24, 2.45) is 0 Å². The van der Waals surface area contributed by atoms with Gasteiger partial charge in [-0.25, -0.2) is 0 Å². The molecule has 1 aromatic carbocycles. The average molecular weight is 328 g/mol. The van der Waals surface area contributed by atoms with Crippen molar-refractivity contribution in [2.75, 3.05) is 25.5 Å². The molecular weight excluding hydrogens is 292 g/mol. The van der Waals surface area contributed by atoms with Crippen LogP contribution in [-0.2, 0) is 11.2 Å². The molecular formula is C18H36N2O3. The number of rotatable bonds is 0. The molecule has 3 N–H and O–H groups in total. The number of aliphatic hydroxyl groups excluding tert-OH is 1. The summed E-state index contributed by atoms with van der Waals surface area (Å²) in [4.78, 5) is 12.0. The highest BCUT2D eigenvalue weighted by Gasteiger charge is 2.12. The maximum absolute atomic E-state index is 9.70. The molecule has 0 radical (unpaired) electrons. The number of amides is 1. The van der Waals surface area contributed by atoms with Crippen LogP contribution < -0.4 is 10.2 Å². The van der Waals surface area contributed by atoms with Crippen LogP contribution in [0, 0.1) is 0 Å². The van der Waals surface area contributed by atoms with Gasteiger partial charge in [0.2, 0.25) is 5.91 Å². The molecule has 1 aromatic rings. The fourth-order valence-corrected chi connectivity index (χ4v) is 1.50. The van der Waals surface area contributed by atoms with Gasteiger partial charge in [0.1, 0.15) is 6.29 Å². The summed E-state index contributed by atoms with van der Waals surface area (Å²) in [5.41, 5.74) is 2.90. The Morgan fingerprint density at radius 2 is 1.57 bits per heavy atom. The standard InChI is InChI=1S/C9H11N.C3H7NO.C2H6O2.2C2H6/c1-10-7-6-8-4-2-3-5-9(8)10;1-3(5)4-2;1-2(3)4;2*1-2/h2-5H,6-7H2,1H3;1-2H3,(H,4,5);2-4H,1H3;2*1-2H3. The van der Waals surface area contributed by atoms with Gasteiger partial charge in [-0.15, -0.1) is 0 Å². The van der Waals surface area contributed by atoms with Crippen LogP contribution in [0.4, 0.5) is 5.69 Å². The minimum atomic E-state index is -1.17. The normalized spacial score (nSPS) is 10.3. The number of benzene rings is 1. The predicted molar refractivity (Wildman–Crippen MR) is 99.8 cm³/mol. The smallest absolute Gasteiger partial charge is 0.216 e. The van der Waals surface area contributed by atoms with Crippen molar-refractivity contribution in [1.82, 2.24) is 5.32 Å². The van der Waals surface area contributed by atoms with Crippen LogP contribution in [0.5, 0.6) is 0 Å². The molecule has 5 heteroatoms. The second kappa shape index (κ2) is 18.5. The Bertz CT molecular complexity index is 380. The minimum absolute atomic E-state index is 0.00463. The first-order chi connectivity index (χ1) is 10.9. The van der Waals surface area contributed by atoms with Gasteiger partial charge in [-0.3, -0.25) is 4.79 Å². The lowest BCUT2D eigenvalue weighted by atomic mass is 10.2. The molecule has 0 aromatic heterocycles. The molecule has 0 fully saturated rings. The van der Waals surface area contributed by atoms with Gasteiger partial charge in [0, 0.05) is 33.3 Å². The molecule has 1 aliphatic rings. The number of hydrogen-bond donors (Lipinski definition) is 3. The van der Waals surface area contributed by atoms with E-state index in [1.165, 1.54) is 38.1 Å². The molecule has 2 rings (SSSR count). The van der Waals surface area contributed by atoms with Crippen LogP contribution in [0.3, 0.4) is 0 Å². The number of likely N-dealkylation sites (N-methyl/N-ethyl adjacent to an activating group) is 1. The molecule has 136 valence electrons. The fourth-order valence-electron chi connectivity index (χ4n) is 1.50. The number of para-hydroxylation sites is 1. The Balaban J connectivity index is -0.000000264. The van der Waals surface area contributed by atoms with Crippen molar-refractivity contribution in [3.63, 3.8) is 0 Å². The summed E-state index contributed by atoms with van der Waals surface area (Å²) >= 11 is 0. The second-order valence-electron chi connectivity index (χ2n) is 4.24. The van der Waals surface area contributed by atoms with Gasteiger partial charge >= 0.3 is 0 Å². The monoisotopic (exact) mass is 328 g/mol. The lowest BCUT2D eigenvalue weighted by Gasteiger charge is -2.10. The summed E-state index contributed by atoms with van der Waals surface area (Å²) in [5.74, 6) is 0.00463. The fraction of sp³-hybridized carbons (Fsp3) is 0.611. The van der Waals surface area contributed by atoms with Crippen LogP contribution >= 0.6 is 0 Å². The lowest BCUT2D eigenvalue weighted by Crippen LogP contribution is -2.12. The van der Waals surface area contributed by atoms with Crippen molar-refractivity contribution >= 4 is 11.6 Å². The number of fused-ring (bicyclic) bond motifs is 1. The largest absolute Gasteiger partial charge is 0.374 e. The number of hydrogen-bond acceptors (Lipinski definition) is 4. The maximum atomic E-state index is 9.70. The second-order valence-corrected chi connectivity index (χ2v) is 4.24. The number of aliphatic hydroxyl groups is 2. The van der Waals surface area contributed by atoms with E-state index in [0.717, 1.165) is 0 Å². The Labute approximate surface area is 142 Å². The number of carbonyl (C=O) groups is 1. The molecule has 23 heavy (non-hydrogen) atoms. The molecule has 0 unspecified atom stereocenters. The SMILES string of the molecule is CC.CC.CC(O)O.CN1CCc2ccccc21.CNC(C)=O. The third kappa shape index (κ3) is 16.6. The molecule has 0 saturated heterocycles. The number of nitrogens with zero attached hydrogens (tertiary/aromatic N) is 1. The maximum Gasteiger partial charge on any atom is 0.216 e. The number of carbonyl (C=O) groups excluding carboxylic acids is 1.